The molecule has 0 bridgehead atoms. The minimum atomic E-state index is -0.762. The zero-order chi connectivity index (χ0) is 22.8. The summed E-state index contributed by atoms with van der Waals surface area (Å²) < 4.78 is 32.0. The van der Waals surface area contributed by atoms with Crippen molar-refractivity contribution in [1.82, 2.24) is 4.90 Å². The molecule has 2 aromatic carbocycles. The predicted molar refractivity (Wildman–Crippen MR) is 114 cm³/mol. The van der Waals surface area contributed by atoms with E-state index in [-0.39, 0.29) is 35.7 Å². The molecule has 7 nitrogen and oxygen atoms in total. The Morgan fingerprint density at radius 3 is 2.50 bits per heavy atom. The highest BCUT2D eigenvalue weighted by atomic mass is 19.1. The number of hydrogen-bond donors (Lipinski definition) is 2. The lowest BCUT2D eigenvalue weighted by atomic mass is 9.88. The van der Waals surface area contributed by atoms with E-state index >= 15 is 0 Å². The molecule has 0 aromatic heterocycles. The molecule has 2 aliphatic rings. The van der Waals surface area contributed by atoms with Crippen molar-refractivity contribution in [2.24, 2.45) is 5.92 Å². The Kier molecular flexibility index (Phi) is 6.18. The summed E-state index contributed by atoms with van der Waals surface area (Å²) in [5.74, 6) is -1.82. The number of Topliss-reactive ketones (excluding diaryl/α,β-unsaturated/α-hetero) is 1. The number of piperidine rings is 1. The van der Waals surface area contributed by atoms with Gasteiger partial charge in [0.25, 0.3) is 5.91 Å². The second kappa shape index (κ2) is 9.04. The van der Waals surface area contributed by atoms with Crippen LogP contribution in [-0.2, 0) is 9.59 Å². The fourth-order valence-corrected chi connectivity index (χ4v) is 3.98. The van der Waals surface area contributed by atoms with E-state index in [0.717, 1.165) is 18.2 Å². The first-order chi connectivity index (χ1) is 15.3. The highest BCUT2D eigenvalue weighted by molar-refractivity contribution is 6.02. The lowest BCUT2D eigenvalue weighted by Crippen LogP contribution is -2.40. The summed E-state index contributed by atoms with van der Waals surface area (Å²) in [6.07, 6.45) is 0.584. The SMILES string of the molecule is CC1Oc2ccc(C(=O)C3CCN(CC(=O)Nc4cc(F)cc(F)c4)CC3)cc2NC1=O. The number of nitrogens with one attached hydrogen (secondary N) is 2. The predicted octanol–water partition coefficient (Wildman–Crippen LogP) is 3.22. The number of likely N-dealkylation sites (tertiary alicyclic amines) is 1. The van der Waals surface area contributed by atoms with Crippen molar-refractivity contribution in [2.75, 3.05) is 30.3 Å². The first kappa shape index (κ1) is 21.9. The Bertz CT molecular complexity index is 1050. The smallest absolute Gasteiger partial charge is 0.265 e. The van der Waals surface area contributed by atoms with Crippen molar-refractivity contribution >= 4 is 29.0 Å². The molecule has 9 heteroatoms. The number of fused-ring (bicyclic) bond motifs is 1. The Labute approximate surface area is 183 Å². The molecule has 0 radical (unpaired) electrons. The molecule has 2 aliphatic heterocycles. The van der Waals surface area contributed by atoms with Gasteiger partial charge in [-0.2, -0.15) is 0 Å². The maximum absolute atomic E-state index is 13.3. The third-order valence-corrected chi connectivity index (χ3v) is 5.67. The number of anilines is 2. The van der Waals surface area contributed by atoms with Gasteiger partial charge >= 0.3 is 0 Å². The summed E-state index contributed by atoms with van der Waals surface area (Å²) >= 11 is 0. The number of rotatable bonds is 5. The summed E-state index contributed by atoms with van der Waals surface area (Å²) in [5.41, 5.74) is 1.06. The minimum Gasteiger partial charge on any atom is -0.479 e. The van der Waals surface area contributed by atoms with Crippen LogP contribution in [0.15, 0.2) is 36.4 Å². The third kappa shape index (κ3) is 4.94. The van der Waals surface area contributed by atoms with E-state index in [1.54, 1.807) is 25.1 Å². The van der Waals surface area contributed by atoms with E-state index in [4.69, 9.17) is 4.74 Å². The van der Waals surface area contributed by atoms with Crippen LogP contribution in [0.1, 0.15) is 30.1 Å². The summed E-state index contributed by atoms with van der Waals surface area (Å²) in [6, 6.07) is 7.87. The standard InChI is InChI=1S/C23H23F2N3O4/c1-13-23(31)27-19-8-15(2-3-20(19)32-13)22(30)14-4-6-28(7-5-14)12-21(29)26-18-10-16(24)9-17(25)11-18/h2-3,8-11,13-14H,4-7,12H2,1H3,(H,26,29)(H,27,31). The number of ether oxygens (including phenoxy) is 1. The van der Waals surface area contributed by atoms with Crippen molar-refractivity contribution in [3.63, 3.8) is 0 Å². The van der Waals surface area contributed by atoms with Gasteiger partial charge in [0.1, 0.15) is 17.4 Å². The lowest BCUT2D eigenvalue weighted by molar-refractivity contribution is -0.122. The maximum Gasteiger partial charge on any atom is 0.265 e. The summed E-state index contributed by atoms with van der Waals surface area (Å²) in [7, 11) is 0. The van der Waals surface area contributed by atoms with Crippen LogP contribution in [0.4, 0.5) is 20.2 Å². The molecule has 2 N–H and O–H groups in total. The molecule has 2 heterocycles. The number of carbonyl (C=O) groups excluding carboxylic acids is 3. The van der Waals surface area contributed by atoms with Crippen LogP contribution in [0.25, 0.3) is 0 Å². The van der Waals surface area contributed by atoms with Crippen molar-refractivity contribution in [3.05, 3.63) is 53.6 Å². The van der Waals surface area contributed by atoms with Crippen LogP contribution in [0.3, 0.4) is 0 Å². The number of carbonyl (C=O) groups is 3. The average Bonchev–Trinajstić information content (AvgIpc) is 2.73. The molecule has 0 saturated carbocycles. The van der Waals surface area contributed by atoms with E-state index in [1.807, 2.05) is 4.90 Å². The van der Waals surface area contributed by atoms with E-state index < -0.39 is 17.7 Å². The van der Waals surface area contributed by atoms with Crippen LogP contribution in [-0.4, -0.2) is 48.2 Å². The zero-order valence-electron chi connectivity index (χ0n) is 17.5. The Morgan fingerprint density at radius 2 is 1.81 bits per heavy atom. The molecule has 1 fully saturated rings. The lowest BCUT2D eigenvalue weighted by Gasteiger charge is -2.31. The second-order valence-electron chi connectivity index (χ2n) is 8.08. The molecular formula is C23H23F2N3O4. The van der Waals surface area contributed by atoms with Crippen molar-refractivity contribution in [2.45, 2.75) is 25.9 Å². The Balaban J connectivity index is 1.31. The highest BCUT2D eigenvalue weighted by Crippen LogP contribution is 2.32. The summed E-state index contributed by atoms with van der Waals surface area (Å²) in [6.45, 7) is 2.81. The third-order valence-electron chi connectivity index (χ3n) is 5.67. The Hall–Kier alpha value is -3.33. The summed E-state index contributed by atoms with van der Waals surface area (Å²) in [4.78, 5) is 38.9. The molecule has 0 spiro atoms. The van der Waals surface area contributed by atoms with Crippen LogP contribution in [0.2, 0.25) is 0 Å². The zero-order valence-corrected chi connectivity index (χ0v) is 17.5. The summed E-state index contributed by atoms with van der Waals surface area (Å²) in [5, 5.41) is 5.24. The van der Waals surface area contributed by atoms with Crippen molar-refractivity contribution in [3.8, 4) is 5.75 Å². The highest BCUT2D eigenvalue weighted by Gasteiger charge is 2.29. The average molecular weight is 443 g/mol. The number of ketones is 1. The van der Waals surface area contributed by atoms with Gasteiger partial charge in [0.05, 0.1) is 12.2 Å². The molecule has 1 unspecified atom stereocenters. The van der Waals surface area contributed by atoms with E-state index in [9.17, 15) is 23.2 Å². The first-order valence-corrected chi connectivity index (χ1v) is 10.4. The van der Waals surface area contributed by atoms with Gasteiger partial charge in [-0.3, -0.25) is 19.3 Å². The molecule has 4 rings (SSSR count). The molecule has 2 amide bonds. The fourth-order valence-electron chi connectivity index (χ4n) is 3.98. The van der Waals surface area contributed by atoms with Gasteiger partial charge in [-0.05, 0) is 63.2 Å². The molecule has 0 aliphatic carbocycles. The molecule has 1 atom stereocenters. The van der Waals surface area contributed by atoms with Gasteiger partial charge in [0.15, 0.2) is 11.9 Å². The quantitative estimate of drug-likeness (QED) is 0.693. The van der Waals surface area contributed by atoms with Gasteiger partial charge in [0.2, 0.25) is 5.91 Å². The topological polar surface area (TPSA) is 87.7 Å². The molecule has 1 saturated heterocycles. The van der Waals surface area contributed by atoms with Gasteiger partial charge < -0.3 is 15.4 Å². The molecule has 2 aromatic rings. The van der Waals surface area contributed by atoms with Crippen LogP contribution in [0.5, 0.6) is 5.75 Å². The largest absolute Gasteiger partial charge is 0.479 e. The van der Waals surface area contributed by atoms with Crippen LogP contribution in [0, 0.1) is 17.6 Å². The molecule has 32 heavy (non-hydrogen) atoms. The Morgan fingerprint density at radius 1 is 1.12 bits per heavy atom. The molecule has 168 valence electrons. The number of amides is 2. The van der Waals surface area contributed by atoms with E-state index in [0.29, 0.717) is 42.9 Å². The van der Waals surface area contributed by atoms with Crippen LogP contribution >= 0.6 is 0 Å². The minimum absolute atomic E-state index is 0.0139. The monoisotopic (exact) mass is 443 g/mol. The second-order valence-corrected chi connectivity index (χ2v) is 8.08. The number of halogens is 2. The van der Waals surface area contributed by atoms with Crippen molar-refractivity contribution < 1.29 is 27.9 Å². The maximum atomic E-state index is 13.3. The van der Waals surface area contributed by atoms with Gasteiger partial charge in [-0.15, -0.1) is 0 Å². The van der Waals surface area contributed by atoms with Crippen LogP contribution < -0.4 is 15.4 Å². The van der Waals surface area contributed by atoms with Crippen molar-refractivity contribution in [1.29, 1.82) is 0 Å². The van der Waals surface area contributed by atoms with E-state index in [2.05, 4.69) is 10.6 Å². The number of benzene rings is 2. The van der Waals surface area contributed by atoms with Gasteiger partial charge in [-0.25, -0.2) is 8.78 Å². The fraction of sp³-hybridized carbons (Fsp3) is 0.348. The first-order valence-electron chi connectivity index (χ1n) is 10.4. The normalized spacial score (nSPS) is 19.0. The van der Waals surface area contributed by atoms with Gasteiger partial charge in [0, 0.05) is 23.2 Å². The number of nitrogens with zero attached hydrogens (tertiary/aromatic N) is 1. The van der Waals surface area contributed by atoms with Gasteiger partial charge in [-0.1, -0.05) is 0 Å². The number of hydrogen-bond acceptors (Lipinski definition) is 5. The molecular weight excluding hydrogens is 420 g/mol. The van der Waals surface area contributed by atoms with E-state index in [1.165, 1.54) is 0 Å².